The van der Waals surface area contributed by atoms with Crippen LogP contribution < -0.4 is 5.32 Å². The molecule has 20 heavy (non-hydrogen) atoms. The number of benzene rings is 2. The van der Waals surface area contributed by atoms with Crippen molar-refractivity contribution in [3.05, 3.63) is 71.5 Å². The molecular weight excluding hydrogens is 253 g/mol. The SMILES string of the molecule is CC[C@@H](Cc1ccccc1)NC(=O)c1cccc(F)c1. The second-order valence-corrected chi connectivity index (χ2v) is 4.78. The van der Waals surface area contributed by atoms with E-state index in [2.05, 4.69) is 5.32 Å². The van der Waals surface area contributed by atoms with Gasteiger partial charge in [0.25, 0.3) is 5.91 Å². The van der Waals surface area contributed by atoms with Crippen LogP contribution in [0.25, 0.3) is 0 Å². The molecule has 2 aromatic rings. The first-order valence-corrected chi connectivity index (χ1v) is 6.79. The van der Waals surface area contributed by atoms with E-state index in [0.717, 1.165) is 12.8 Å². The number of amides is 1. The molecule has 0 bridgehead atoms. The first-order chi connectivity index (χ1) is 9.69. The van der Waals surface area contributed by atoms with Crippen LogP contribution in [-0.2, 0) is 6.42 Å². The molecule has 2 nitrogen and oxygen atoms in total. The fourth-order valence-corrected chi connectivity index (χ4v) is 2.09. The van der Waals surface area contributed by atoms with Crippen LogP contribution >= 0.6 is 0 Å². The first-order valence-electron chi connectivity index (χ1n) is 6.79. The Bertz CT molecular complexity index is 568. The van der Waals surface area contributed by atoms with Gasteiger partial charge in [0.05, 0.1) is 0 Å². The van der Waals surface area contributed by atoms with Gasteiger partial charge in [0.1, 0.15) is 5.82 Å². The number of rotatable bonds is 5. The Morgan fingerprint density at radius 1 is 1.15 bits per heavy atom. The summed E-state index contributed by atoms with van der Waals surface area (Å²) < 4.78 is 13.1. The van der Waals surface area contributed by atoms with Gasteiger partial charge in [0, 0.05) is 11.6 Å². The maximum absolute atomic E-state index is 13.1. The highest BCUT2D eigenvalue weighted by atomic mass is 19.1. The van der Waals surface area contributed by atoms with Gasteiger partial charge < -0.3 is 5.32 Å². The van der Waals surface area contributed by atoms with Crippen LogP contribution in [0.1, 0.15) is 29.3 Å². The zero-order valence-electron chi connectivity index (χ0n) is 11.5. The highest BCUT2D eigenvalue weighted by molar-refractivity contribution is 5.94. The maximum atomic E-state index is 13.1. The van der Waals surface area contributed by atoms with E-state index < -0.39 is 5.82 Å². The smallest absolute Gasteiger partial charge is 0.251 e. The summed E-state index contributed by atoms with van der Waals surface area (Å²) in [6.07, 6.45) is 1.61. The second-order valence-electron chi connectivity index (χ2n) is 4.78. The van der Waals surface area contributed by atoms with Gasteiger partial charge in [0.15, 0.2) is 0 Å². The van der Waals surface area contributed by atoms with E-state index in [9.17, 15) is 9.18 Å². The Kier molecular flexibility index (Phi) is 4.88. The normalized spacial score (nSPS) is 11.9. The predicted molar refractivity (Wildman–Crippen MR) is 78.1 cm³/mol. The first kappa shape index (κ1) is 14.3. The summed E-state index contributed by atoms with van der Waals surface area (Å²) in [5.74, 6) is -0.624. The number of hydrogen-bond donors (Lipinski definition) is 1. The number of nitrogens with one attached hydrogen (secondary N) is 1. The van der Waals surface area contributed by atoms with Crippen LogP contribution in [0, 0.1) is 5.82 Å². The van der Waals surface area contributed by atoms with E-state index in [4.69, 9.17) is 0 Å². The molecule has 2 rings (SSSR count). The summed E-state index contributed by atoms with van der Waals surface area (Å²) in [6.45, 7) is 2.03. The molecule has 1 amide bonds. The molecular formula is C17H18FNO. The Balaban J connectivity index is 2.01. The third-order valence-electron chi connectivity index (χ3n) is 3.24. The molecule has 0 fully saturated rings. The highest BCUT2D eigenvalue weighted by Gasteiger charge is 2.13. The quantitative estimate of drug-likeness (QED) is 0.885. The van der Waals surface area contributed by atoms with Gasteiger partial charge in [-0.1, -0.05) is 43.3 Å². The van der Waals surface area contributed by atoms with Crippen molar-refractivity contribution >= 4 is 5.91 Å². The van der Waals surface area contributed by atoms with Crippen molar-refractivity contribution in [2.45, 2.75) is 25.8 Å². The van der Waals surface area contributed by atoms with Crippen molar-refractivity contribution in [2.75, 3.05) is 0 Å². The molecule has 0 saturated heterocycles. The lowest BCUT2D eigenvalue weighted by atomic mass is 10.0. The predicted octanol–water partition coefficient (Wildman–Crippen LogP) is 3.58. The zero-order chi connectivity index (χ0) is 14.4. The average molecular weight is 271 g/mol. The lowest BCUT2D eigenvalue weighted by molar-refractivity contribution is 0.0935. The Morgan fingerprint density at radius 2 is 1.90 bits per heavy atom. The molecule has 0 aliphatic heterocycles. The lowest BCUT2D eigenvalue weighted by Gasteiger charge is -2.17. The van der Waals surface area contributed by atoms with Crippen LogP contribution in [0.3, 0.4) is 0 Å². The summed E-state index contributed by atoms with van der Waals surface area (Å²) in [6, 6.07) is 15.8. The minimum atomic E-state index is -0.395. The summed E-state index contributed by atoms with van der Waals surface area (Å²) in [5, 5.41) is 2.95. The summed E-state index contributed by atoms with van der Waals surface area (Å²) >= 11 is 0. The van der Waals surface area contributed by atoms with Crippen molar-refractivity contribution in [1.82, 2.24) is 5.32 Å². The minimum absolute atomic E-state index is 0.0492. The van der Waals surface area contributed by atoms with Gasteiger partial charge >= 0.3 is 0 Å². The fourth-order valence-electron chi connectivity index (χ4n) is 2.09. The molecule has 0 spiro atoms. The van der Waals surface area contributed by atoms with Crippen molar-refractivity contribution < 1.29 is 9.18 Å². The van der Waals surface area contributed by atoms with Crippen molar-refractivity contribution in [3.8, 4) is 0 Å². The molecule has 0 saturated carbocycles. The minimum Gasteiger partial charge on any atom is -0.349 e. The lowest BCUT2D eigenvalue weighted by Crippen LogP contribution is -2.36. The highest BCUT2D eigenvalue weighted by Crippen LogP contribution is 2.08. The zero-order valence-corrected chi connectivity index (χ0v) is 11.5. The average Bonchev–Trinajstić information content (AvgIpc) is 2.47. The van der Waals surface area contributed by atoms with E-state index in [1.165, 1.54) is 17.7 Å². The molecule has 0 aromatic heterocycles. The Morgan fingerprint density at radius 3 is 2.55 bits per heavy atom. The third-order valence-corrected chi connectivity index (χ3v) is 3.24. The fraction of sp³-hybridized carbons (Fsp3) is 0.235. The molecule has 1 atom stereocenters. The summed E-state index contributed by atoms with van der Waals surface area (Å²) in [7, 11) is 0. The van der Waals surface area contributed by atoms with E-state index in [-0.39, 0.29) is 11.9 Å². The van der Waals surface area contributed by atoms with Crippen LogP contribution in [0.5, 0.6) is 0 Å². The number of carbonyl (C=O) groups is 1. The van der Waals surface area contributed by atoms with Gasteiger partial charge in [-0.3, -0.25) is 4.79 Å². The molecule has 3 heteroatoms. The number of halogens is 1. The topological polar surface area (TPSA) is 29.1 Å². The number of hydrogen-bond acceptors (Lipinski definition) is 1. The monoisotopic (exact) mass is 271 g/mol. The number of carbonyl (C=O) groups excluding carboxylic acids is 1. The van der Waals surface area contributed by atoms with E-state index in [0.29, 0.717) is 5.56 Å². The van der Waals surface area contributed by atoms with Gasteiger partial charge in [0.2, 0.25) is 0 Å². The molecule has 0 heterocycles. The van der Waals surface area contributed by atoms with E-state index in [1.807, 2.05) is 37.3 Å². The Hall–Kier alpha value is -2.16. The standard InChI is InChI=1S/C17H18FNO/c1-2-16(11-13-7-4-3-5-8-13)19-17(20)14-9-6-10-15(18)12-14/h3-10,12,16H,2,11H2,1H3,(H,19,20)/t16-/m0/s1. The van der Waals surface area contributed by atoms with E-state index in [1.54, 1.807) is 12.1 Å². The maximum Gasteiger partial charge on any atom is 0.251 e. The molecule has 2 aromatic carbocycles. The molecule has 0 aliphatic carbocycles. The van der Waals surface area contributed by atoms with Crippen LogP contribution in [0.15, 0.2) is 54.6 Å². The summed E-state index contributed by atoms with van der Waals surface area (Å²) in [5.41, 5.74) is 1.54. The summed E-state index contributed by atoms with van der Waals surface area (Å²) in [4.78, 5) is 12.1. The van der Waals surface area contributed by atoms with Gasteiger partial charge in [-0.25, -0.2) is 4.39 Å². The van der Waals surface area contributed by atoms with Crippen molar-refractivity contribution in [1.29, 1.82) is 0 Å². The van der Waals surface area contributed by atoms with Crippen LogP contribution in [0.4, 0.5) is 4.39 Å². The van der Waals surface area contributed by atoms with Crippen molar-refractivity contribution in [2.24, 2.45) is 0 Å². The van der Waals surface area contributed by atoms with Crippen molar-refractivity contribution in [3.63, 3.8) is 0 Å². The second kappa shape index (κ2) is 6.85. The molecule has 0 unspecified atom stereocenters. The molecule has 0 radical (unpaired) electrons. The largest absolute Gasteiger partial charge is 0.349 e. The van der Waals surface area contributed by atoms with Crippen LogP contribution in [0.2, 0.25) is 0 Å². The Labute approximate surface area is 118 Å². The van der Waals surface area contributed by atoms with Gasteiger partial charge in [-0.05, 0) is 36.6 Å². The molecule has 1 N–H and O–H groups in total. The van der Waals surface area contributed by atoms with Gasteiger partial charge in [-0.15, -0.1) is 0 Å². The molecule has 0 aliphatic rings. The van der Waals surface area contributed by atoms with Gasteiger partial charge in [-0.2, -0.15) is 0 Å². The van der Waals surface area contributed by atoms with Crippen LogP contribution in [-0.4, -0.2) is 11.9 Å². The molecule has 104 valence electrons. The third kappa shape index (κ3) is 3.92. The van der Waals surface area contributed by atoms with E-state index >= 15 is 0 Å².